The van der Waals surface area contributed by atoms with Gasteiger partial charge in [-0.15, -0.1) is 0 Å². The zero-order chi connectivity index (χ0) is 23.4. The molecular weight excluding hydrogens is 465 g/mol. The maximum absolute atomic E-state index is 13.9. The molecule has 0 aliphatic carbocycles. The van der Waals surface area contributed by atoms with Gasteiger partial charge in [-0.3, -0.25) is 0 Å². The molecule has 0 spiro atoms. The summed E-state index contributed by atoms with van der Waals surface area (Å²) >= 11 is 5.92. The number of rotatable bonds is 8. The molecule has 0 aliphatic rings. The molecule has 0 aliphatic heterocycles. The minimum absolute atomic E-state index is 0.00639. The first-order valence-electron chi connectivity index (χ1n) is 10.1. The Balaban J connectivity index is 1.64. The Morgan fingerprint density at radius 2 is 1.73 bits per heavy atom. The molecule has 0 radical (unpaired) electrons. The minimum atomic E-state index is -4.03. The fourth-order valence-corrected chi connectivity index (χ4v) is 5.10. The fraction of sp³-hybridized carbons (Fsp3) is 0.120. The zero-order valence-electron chi connectivity index (χ0n) is 17.7. The van der Waals surface area contributed by atoms with Crippen LogP contribution < -0.4 is 4.74 Å². The topological polar surface area (TPSA) is 59.8 Å². The third kappa shape index (κ3) is 5.63. The molecule has 4 aromatic rings. The maximum atomic E-state index is 13.9. The van der Waals surface area contributed by atoms with E-state index < -0.39 is 15.8 Å². The van der Waals surface area contributed by atoms with E-state index in [1.807, 2.05) is 0 Å². The monoisotopic (exact) mass is 485 g/mol. The van der Waals surface area contributed by atoms with Crippen LogP contribution in [0.25, 0.3) is 0 Å². The van der Waals surface area contributed by atoms with Crippen molar-refractivity contribution in [2.45, 2.75) is 24.9 Å². The smallest absolute Gasteiger partial charge is 0.244 e. The Kier molecular flexibility index (Phi) is 6.83. The summed E-state index contributed by atoms with van der Waals surface area (Å²) in [6.45, 7) is 1.67. The second-order valence-electron chi connectivity index (χ2n) is 7.47. The van der Waals surface area contributed by atoms with Crippen LogP contribution in [0.15, 0.2) is 94.4 Å². The van der Waals surface area contributed by atoms with Gasteiger partial charge in [0.1, 0.15) is 23.1 Å². The van der Waals surface area contributed by atoms with Gasteiger partial charge in [0.2, 0.25) is 10.0 Å². The summed E-state index contributed by atoms with van der Waals surface area (Å²) in [6, 6.07) is 21.2. The van der Waals surface area contributed by atoms with Crippen molar-refractivity contribution in [3.63, 3.8) is 0 Å². The van der Waals surface area contributed by atoms with E-state index in [-0.39, 0.29) is 18.0 Å². The second kappa shape index (κ2) is 9.79. The van der Waals surface area contributed by atoms with Crippen LogP contribution in [0.1, 0.15) is 16.9 Å². The molecule has 170 valence electrons. The highest BCUT2D eigenvalue weighted by Gasteiger charge is 2.28. The van der Waals surface area contributed by atoms with Gasteiger partial charge in [0.25, 0.3) is 0 Å². The standard InChI is InChI=1S/C25H21ClFNO4S/c1-18-7-10-21(27)15-25(18)33(29,30)28(17-24-6-3-13-31-24)16-19-4-2-5-23(14-19)32-22-11-8-20(26)9-12-22/h2-15H,16-17H2,1H3. The van der Waals surface area contributed by atoms with Crippen molar-refractivity contribution < 1.29 is 22.0 Å². The molecule has 0 atom stereocenters. The fourth-order valence-electron chi connectivity index (χ4n) is 3.34. The van der Waals surface area contributed by atoms with Crippen LogP contribution in [0.5, 0.6) is 11.5 Å². The van der Waals surface area contributed by atoms with Gasteiger partial charge in [-0.05, 0) is 78.7 Å². The number of halogens is 2. The molecular formula is C25H21ClFNO4S. The minimum Gasteiger partial charge on any atom is -0.468 e. The molecule has 0 saturated heterocycles. The van der Waals surface area contributed by atoms with Gasteiger partial charge >= 0.3 is 0 Å². The Hall–Kier alpha value is -3.13. The van der Waals surface area contributed by atoms with Gasteiger partial charge in [-0.1, -0.05) is 29.8 Å². The van der Waals surface area contributed by atoms with Crippen molar-refractivity contribution in [1.82, 2.24) is 4.31 Å². The molecule has 0 saturated carbocycles. The molecule has 8 heteroatoms. The number of hydrogen-bond acceptors (Lipinski definition) is 4. The van der Waals surface area contributed by atoms with E-state index in [2.05, 4.69) is 0 Å². The highest BCUT2D eigenvalue weighted by molar-refractivity contribution is 7.89. The molecule has 0 amide bonds. The molecule has 0 bridgehead atoms. The average molecular weight is 486 g/mol. The SMILES string of the molecule is Cc1ccc(F)cc1S(=O)(=O)N(Cc1cccc(Oc2ccc(Cl)cc2)c1)Cc1ccco1. The van der Waals surface area contributed by atoms with Gasteiger partial charge in [-0.25, -0.2) is 12.8 Å². The second-order valence-corrected chi connectivity index (χ2v) is 9.81. The van der Waals surface area contributed by atoms with Crippen LogP contribution in [0, 0.1) is 12.7 Å². The number of benzene rings is 3. The lowest BCUT2D eigenvalue weighted by Gasteiger charge is -2.23. The molecule has 3 aromatic carbocycles. The predicted octanol–water partition coefficient (Wildman–Crippen LogP) is 6.56. The zero-order valence-corrected chi connectivity index (χ0v) is 19.3. The molecule has 0 unspecified atom stereocenters. The van der Waals surface area contributed by atoms with E-state index in [9.17, 15) is 12.8 Å². The number of furan rings is 1. The lowest BCUT2D eigenvalue weighted by atomic mass is 10.2. The summed E-state index contributed by atoms with van der Waals surface area (Å²) in [5.41, 5.74) is 1.16. The molecule has 4 rings (SSSR count). The number of ether oxygens (including phenoxy) is 1. The molecule has 0 fully saturated rings. The van der Waals surface area contributed by atoms with E-state index >= 15 is 0 Å². The van der Waals surface area contributed by atoms with Crippen LogP contribution in [-0.4, -0.2) is 12.7 Å². The normalized spacial score (nSPS) is 11.6. The number of aryl methyl sites for hydroxylation is 1. The summed E-state index contributed by atoms with van der Waals surface area (Å²) in [4.78, 5) is -0.0809. The third-order valence-corrected chi connectivity index (χ3v) is 7.17. The molecule has 1 heterocycles. The first-order chi connectivity index (χ1) is 15.8. The highest BCUT2D eigenvalue weighted by Crippen LogP contribution is 2.27. The third-order valence-electron chi connectivity index (χ3n) is 4.99. The van der Waals surface area contributed by atoms with Crippen molar-refractivity contribution in [3.8, 4) is 11.5 Å². The van der Waals surface area contributed by atoms with E-state index in [1.54, 1.807) is 67.6 Å². The van der Waals surface area contributed by atoms with Gasteiger partial charge in [0.15, 0.2) is 0 Å². The Morgan fingerprint density at radius 3 is 2.45 bits per heavy atom. The lowest BCUT2D eigenvalue weighted by Crippen LogP contribution is -2.30. The first kappa shape index (κ1) is 23.0. The van der Waals surface area contributed by atoms with E-state index in [4.69, 9.17) is 20.8 Å². The van der Waals surface area contributed by atoms with Crippen molar-refractivity contribution in [3.05, 3.63) is 113 Å². The number of hydrogen-bond donors (Lipinski definition) is 0. The van der Waals surface area contributed by atoms with Crippen molar-refractivity contribution in [2.75, 3.05) is 0 Å². The molecule has 33 heavy (non-hydrogen) atoms. The van der Waals surface area contributed by atoms with Crippen LogP contribution >= 0.6 is 11.6 Å². The lowest BCUT2D eigenvalue weighted by molar-refractivity contribution is 0.357. The van der Waals surface area contributed by atoms with Gasteiger partial charge in [0, 0.05) is 11.6 Å². The number of sulfonamides is 1. The summed E-state index contributed by atoms with van der Waals surface area (Å²) in [6.07, 6.45) is 1.48. The highest BCUT2D eigenvalue weighted by atomic mass is 35.5. The van der Waals surface area contributed by atoms with Crippen LogP contribution in [0.4, 0.5) is 4.39 Å². The maximum Gasteiger partial charge on any atom is 0.244 e. The Bertz CT molecular complexity index is 1340. The van der Waals surface area contributed by atoms with Crippen LogP contribution in [-0.2, 0) is 23.1 Å². The summed E-state index contributed by atoms with van der Waals surface area (Å²) < 4.78 is 53.5. The van der Waals surface area contributed by atoms with E-state index in [1.165, 1.54) is 22.7 Å². The van der Waals surface area contributed by atoms with Crippen molar-refractivity contribution >= 4 is 21.6 Å². The van der Waals surface area contributed by atoms with E-state index in [0.29, 0.717) is 33.4 Å². The van der Waals surface area contributed by atoms with Crippen LogP contribution in [0.2, 0.25) is 5.02 Å². The van der Waals surface area contributed by atoms with Gasteiger partial charge in [0.05, 0.1) is 17.7 Å². The molecule has 5 nitrogen and oxygen atoms in total. The predicted molar refractivity (Wildman–Crippen MR) is 124 cm³/mol. The first-order valence-corrected chi connectivity index (χ1v) is 11.9. The number of nitrogens with zero attached hydrogens (tertiary/aromatic N) is 1. The largest absolute Gasteiger partial charge is 0.468 e. The summed E-state index contributed by atoms with van der Waals surface area (Å²) in [5, 5.41) is 0.600. The molecule has 1 aromatic heterocycles. The summed E-state index contributed by atoms with van der Waals surface area (Å²) in [5.74, 6) is 1.01. The molecule has 0 N–H and O–H groups in total. The van der Waals surface area contributed by atoms with Crippen molar-refractivity contribution in [2.24, 2.45) is 0 Å². The Morgan fingerprint density at radius 1 is 0.939 bits per heavy atom. The quantitative estimate of drug-likeness (QED) is 0.283. The van der Waals surface area contributed by atoms with Gasteiger partial charge < -0.3 is 9.15 Å². The average Bonchev–Trinajstić information content (AvgIpc) is 3.30. The van der Waals surface area contributed by atoms with Crippen LogP contribution in [0.3, 0.4) is 0 Å². The Labute approximate surface area is 197 Å². The van der Waals surface area contributed by atoms with Crippen molar-refractivity contribution in [1.29, 1.82) is 0 Å². The van der Waals surface area contributed by atoms with Gasteiger partial charge in [-0.2, -0.15) is 4.31 Å². The van der Waals surface area contributed by atoms with E-state index in [0.717, 1.165) is 6.07 Å². The summed E-state index contributed by atoms with van der Waals surface area (Å²) in [7, 11) is -4.03.